The highest BCUT2D eigenvalue weighted by Crippen LogP contribution is 2.35. The SMILES string of the molecule is CCNC(c1ccc(C(C)(C)C)s1)c1nccs1. The molecule has 0 saturated carbocycles. The van der Waals surface area contributed by atoms with Gasteiger partial charge in [-0.1, -0.05) is 27.7 Å². The van der Waals surface area contributed by atoms with Gasteiger partial charge < -0.3 is 5.32 Å². The van der Waals surface area contributed by atoms with Gasteiger partial charge in [0.05, 0.1) is 6.04 Å². The van der Waals surface area contributed by atoms with Gasteiger partial charge in [0.1, 0.15) is 5.01 Å². The van der Waals surface area contributed by atoms with Crippen molar-refractivity contribution in [2.45, 2.75) is 39.2 Å². The van der Waals surface area contributed by atoms with E-state index in [2.05, 4.69) is 50.1 Å². The molecule has 0 aliphatic heterocycles. The maximum atomic E-state index is 4.45. The van der Waals surface area contributed by atoms with Gasteiger partial charge >= 0.3 is 0 Å². The van der Waals surface area contributed by atoms with Crippen LogP contribution in [0.5, 0.6) is 0 Å². The summed E-state index contributed by atoms with van der Waals surface area (Å²) in [6.45, 7) is 9.86. The Kier molecular flexibility index (Phi) is 4.20. The van der Waals surface area contributed by atoms with E-state index in [1.807, 2.05) is 22.9 Å². The first-order valence-corrected chi connectivity index (χ1v) is 7.95. The molecule has 2 aromatic rings. The molecule has 2 aromatic heterocycles. The molecule has 98 valence electrons. The molecule has 2 heterocycles. The molecule has 0 spiro atoms. The lowest BCUT2D eigenvalue weighted by atomic mass is 9.95. The Balaban J connectivity index is 2.29. The van der Waals surface area contributed by atoms with E-state index in [9.17, 15) is 0 Å². The van der Waals surface area contributed by atoms with Crippen LogP contribution in [0.1, 0.15) is 48.5 Å². The van der Waals surface area contributed by atoms with E-state index in [0.717, 1.165) is 11.6 Å². The van der Waals surface area contributed by atoms with Gasteiger partial charge in [0.2, 0.25) is 0 Å². The van der Waals surface area contributed by atoms with Crippen molar-refractivity contribution in [3.05, 3.63) is 38.5 Å². The van der Waals surface area contributed by atoms with E-state index in [-0.39, 0.29) is 11.5 Å². The first kappa shape index (κ1) is 13.7. The first-order valence-electron chi connectivity index (χ1n) is 6.25. The number of aromatic nitrogens is 1. The summed E-state index contributed by atoms with van der Waals surface area (Å²) in [5.41, 5.74) is 0.225. The quantitative estimate of drug-likeness (QED) is 0.908. The zero-order chi connectivity index (χ0) is 13.2. The predicted molar refractivity (Wildman–Crippen MR) is 80.7 cm³/mol. The molecule has 0 aliphatic rings. The molecule has 0 fully saturated rings. The standard InChI is InChI=1S/C14H20N2S2/c1-5-15-12(13-16-8-9-17-13)10-6-7-11(18-10)14(2,3)4/h6-9,12,15H,5H2,1-4H3. The second-order valence-electron chi connectivity index (χ2n) is 5.31. The number of hydrogen-bond donors (Lipinski definition) is 1. The van der Waals surface area contributed by atoms with Crippen LogP contribution in [0.4, 0.5) is 0 Å². The molecule has 2 nitrogen and oxygen atoms in total. The summed E-state index contributed by atoms with van der Waals surface area (Å²) < 4.78 is 0. The minimum absolute atomic E-state index is 0.225. The molecule has 1 unspecified atom stereocenters. The Labute approximate surface area is 117 Å². The molecule has 0 bridgehead atoms. The van der Waals surface area contributed by atoms with Crippen LogP contribution in [-0.2, 0) is 5.41 Å². The van der Waals surface area contributed by atoms with E-state index in [0.29, 0.717) is 0 Å². The number of hydrogen-bond acceptors (Lipinski definition) is 4. The summed E-state index contributed by atoms with van der Waals surface area (Å²) in [4.78, 5) is 7.23. The molecule has 4 heteroatoms. The van der Waals surface area contributed by atoms with Crippen LogP contribution >= 0.6 is 22.7 Å². The van der Waals surface area contributed by atoms with Gasteiger partial charge in [-0.25, -0.2) is 4.98 Å². The van der Waals surface area contributed by atoms with Crippen LogP contribution in [0.25, 0.3) is 0 Å². The summed E-state index contributed by atoms with van der Waals surface area (Å²) in [5, 5.41) is 6.72. The van der Waals surface area contributed by atoms with Gasteiger partial charge in [0.25, 0.3) is 0 Å². The third-order valence-corrected chi connectivity index (χ3v) is 5.17. The molecule has 0 amide bonds. The number of rotatable bonds is 4. The molecule has 0 radical (unpaired) electrons. The van der Waals surface area contributed by atoms with Gasteiger partial charge in [-0.2, -0.15) is 0 Å². The lowest BCUT2D eigenvalue weighted by Crippen LogP contribution is -2.20. The fourth-order valence-electron chi connectivity index (χ4n) is 1.80. The highest BCUT2D eigenvalue weighted by molar-refractivity contribution is 7.13. The number of thiophene rings is 1. The maximum Gasteiger partial charge on any atom is 0.115 e. The summed E-state index contributed by atoms with van der Waals surface area (Å²) in [7, 11) is 0. The van der Waals surface area contributed by atoms with Crippen molar-refractivity contribution in [3.63, 3.8) is 0 Å². The largest absolute Gasteiger partial charge is 0.304 e. The molecule has 1 N–H and O–H groups in total. The Morgan fingerprint density at radius 3 is 2.61 bits per heavy atom. The summed E-state index contributed by atoms with van der Waals surface area (Å²) in [6.07, 6.45) is 1.88. The minimum atomic E-state index is 0.225. The Hall–Kier alpha value is -0.710. The Morgan fingerprint density at radius 1 is 1.33 bits per heavy atom. The summed E-state index contributed by atoms with van der Waals surface area (Å²) in [6, 6.07) is 4.73. The highest BCUT2D eigenvalue weighted by atomic mass is 32.1. The molecular weight excluding hydrogens is 260 g/mol. The summed E-state index contributed by atoms with van der Waals surface area (Å²) >= 11 is 3.61. The Bertz CT molecular complexity index is 480. The van der Waals surface area contributed by atoms with Gasteiger partial charge in [-0.05, 0) is 24.1 Å². The third kappa shape index (κ3) is 2.99. The molecule has 0 aliphatic carbocycles. The van der Waals surface area contributed by atoms with Gasteiger partial charge in [-0.15, -0.1) is 22.7 Å². The maximum absolute atomic E-state index is 4.45. The summed E-state index contributed by atoms with van der Waals surface area (Å²) in [5.74, 6) is 0. The van der Waals surface area contributed by atoms with Gasteiger partial charge in [0, 0.05) is 21.3 Å². The van der Waals surface area contributed by atoms with Crippen molar-refractivity contribution in [1.82, 2.24) is 10.3 Å². The number of thiazole rings is 1. The fourth-order valence-corrected chi connectivity index (χ4v) is 3.75. The van der Waals surface area contributed by atoms with Crippen LogP contribution in [-0.4, -0.2) is 11.5 Å². The van der Waals surface area contributed by atoms with Gasteiger partial charge in [0.15, 0.2) is 0 Å². The average molecular weight is 280 g/mol. The molecule has 1 atom stereocenters. The van der Waals surface area contributed by atoms with E-state index in [1.165, 1.54) is 9.75 Å². The van der Waals surface area contributed by atoms with E-state index in [1.54, 1.807) is 11.3 Å². The van der Waals surface area contributed by atoms with E-state index >= 15 is 0 Å². The van der Waals surface area contributed by atoms with E-state index in [4.69, 9.17) is 0 Å². The van der Waals surface area contributed by atoms with Crippen molar-refractivity contribution in [3.8, 4) is 0 Å². The molecular formula is C14H20N2S2. The van der Waals surface area contributed by atoms with Crippen LogP contribution < -0.4 is 5.32 Å². The van der Waals surface area contributed by atoms with Crippen LogP contribution in [0.2, 0.25) is 0 Å². The predicted octanol–water partition coefficient (Wildman–Crippen LogP) is 4.20. The minimum Gasteiger partial charge on any atom is -0.304 e. The smallest absolute Gasteiger partial charge is 0.115 e. The zero-order valence-corrected chi connectivity index (χ0v) is 13.0. The molecule has 0 aromatic carbocycles. The second kappa shape index (κ2) is 5.51. The number of nitrogens with zero attached hydrogens (tertiary/aromatic N) is 1. The highest BCUT2D eigenvalue weighted by Gasteiger charge is 2.21. The topological polar surface area (TPSA) is 24.9 Å². The molecule has 0 saturated heterocycles. The third-order valence-electron chi connectivity index (χ3n) is 2.76. The lowest BCUT2D eigenvalue weighted by molar-refractivity contribution is 0.604. The number of nitrogens with one attached hydrogen (secondary N) is 1. The van der Waals surface area contributed by atoms with Crippen molar-refractivity contribution in [2.24, 2.45) is 0 Å². The van der Waals surface area contributed by atoms with Crippen LogP contribution in [0, 0.1) is 0 Å². The van der Waals surface area contributed by atoms with Crippen molar-refractivity contribution >= 4 is 22.7 Å². The second-order valence-corrected chi connectivity index (χ2v) is 7.35. The van der Waals surface area contributed by atoms with E-state index < -0.39 is 0 Å². The van der Waals surface area contributed by atoms with Gasteiger partial charge in [-0.3, -0.25) is 0 Å². The van der Waals surface area contributed by atoms with Crippen LogP contribution in [0.15, 0.2) is 23.7 Å². The van der Waals surface area contributed by atoms with Crippen molar-refractivity contribution in [1.29, 1.82) is 0 Å². The first-order chi connectivity index (χ1) is 8.52. The van der Waals surface area contributed by atoms with Crippen molar-refractivity contribution < 1.29 is 0 Å². The molecule has 2 rings (SSSR count). The monoisotopic (exact) mass is 280 g/mol. The van der Waals surface area contributed by atoms with Crippen molar-refractivity contribution in [2.75, 3.05) is 6.54 Å². The van der Waals surface area contributed by atoms with Crippen LogP contribution in [0.3, 0.4) is 0 Å². The lowest BCUT2D eigenvalue weighted by Gasteiger charge is -2.17. The molecule has 18 heavy (non-hydrogen) atoms. The zero-order valence-electron chi connectivity index (χ0n) is 11.4. The fraction of sp³-hybridized carbons (Fsp3) is 0.500. The Morgan fingerprint density at radius 2 is 2.11 bits per heavy atom. The average Bonchev–Trinajstić information content (AvgIpc) is 2.96. The normalized spacial score (nSPS) is 13.8.